The molecule has 0 saturated carbocycles. The van der Waals surface area contributed by atoms with Gasteiger partial charge >= 0.3 is 0 Å². The molecule has 4 rings (SSSR count). The Kier molecular flexibility index (Phi) is 5.43. The summed E-state index contributed by atoms with van der Waals surface area (Å²) in [6, 6.07) is 34.7. The molecule has 4 aromatic carbocycles. The molecule has 4 aromatic rings. The highest BCUT2D eigenvalue weighted by Crippen LogP contribution is 2.49. The van der Waals surface area contributed by atoms with E-state index in [0.29, 0.717) is 10.7 Å². The number of halogens is 2. The van der Waals surface area contributed by atoms with Gasteiger partial charge in [0.05, 0.1) is 12.7 Å². The lowest BCUT2D eigenvalue weighted by molar-refractivity contribution is 0.628. The number of nitrogens with zero attached hydrogens (tertiary/aromatic N) is 1. The standard InChI is InChI=1S/C24H18ClFNP/c25-19-14-16-24(17-15-19)28(22-10-3-1-4-11-22,23-12-5-2-6-13-23)27-21-9-7-8-20(26)18-21/h1-18H. The third-order valence-electron chi connectivity index (χ3n) is 4.53. The summed E-state index contributed by atoms with van der Waals surface area (Å²) in [5.74, 6) is -0.295. The van der Waals surface area contributed by atoms with E-state index in [4.69, 9.17) is 16.3 Å². The van der Waals surface area contributed by atoms with Crippen molar-refractivity contribution in [3.05, 3.63) is 120 Å². The molecule has 0 unspecified atom stereocenters. The van der Waals surface area contributed by atoms with E-state index in [1.807, 2.05) is 66.7 Å². The van der Waals surface area contributed by atoms with Crippen LogP contribution in [0.25, 0.3) is 0 Å². The van der Waals surface area contributed by atoms with E-state index in [0.717, 1.165) is 15.9 Å². The van der Waals surface area contributed by atoms with Crippen LogP contribution < -0.4 is 15.9 Å². The van der Waals surface area contributed by atoms with E-state index < -0.39 is 7.05 Å². The molecule has 0 N–H and O–H groups in total. The Hall–Kier alpha value is -2.67. The lowest BCUT2D eigenvalue weighted by atomic mass is 10.3. The highest BCUT2D eigenvalue weighted by molar-refractivity contribution is 7.87. The molecule has 0 aliphatic carbocycles. The summed E-state index contributed by atoms with van der Waals surface area (Å²) in [6.07, 6.45) is 0. The SMILES string of the molecule is Fc1cccc(N=P(c2ccccc2)(c2ccccc2)c2ccc(Cl)cc2)c1. The molecule has 0 aliphatic heterocycles. The summed E-state index contributed by atoms with van der Waals surface area (Å²) >= 11 is 6.17. The first-order chi connectivity index (χ1) is 13.7. The van der Waals surface area contributed by atoms with Crippen LogP contribution in [0.4, 0.5) is 10.1 Å². The van der Waals surface area contributed by atoms with Crippen LogP contribution in [0.3, 0.4) is 0 Å². The summed E-state index contributed by atoms with van der Waals surface area (Å²) in [7, 11) is -2.42. The maximum atomic E-state index is 13.9. The zero-order valence-corrected chi connectivity index (χ0v) is 16.7. The van der Waals surface area contributed by atoms with Crippen LogP contribution in [0.1, 0.15) is 0 Å². The van der Waals surface area contributed by atoms with Gasteiger partial charge in [-0.05, 0) is 30.3 Å². The Balaban J connectivity index is 2.13. The highest BCUT2D eigenvalue weighted by Gasteiger charge is 2.27. The van der Waals surface area contributed by atoms with Crippen molar-refractivity contribution in [3.63, 3.8) is 0 Å². The number of benzene rings is 4. The van der Waals surface area contributed by atoms with E-state index in [1.54, 1.807) is 6.07 Å². The molecule has 0 aromatic heterocycles. The predicted molar refractivity (Wildman–Crippen MR) is 119 cm³/mol. The molecule has 0 radical (unpaired) electrons. The van der Waals surface area contributed by atoms with Gasteiger partial charge in [-0.2, -0.15) is 0 Å². The van der Waals surface area contributed by atoms with Crippen LogP contribution in [0.15, 0.2) is 114 Å². The fourth-order valence-electron chi connectivity index (χ4n) is 3.28. The largest absolute Gasteiger partial charge is 0.254 e. The number of hydrogen-bond acceptors (Lipinski definition) is 1. The molecule has 28 heavy (non-hydrogen) atoms. The first-order valence-corrected chi connectivity index (χ1v) is 11.1. The molecule has 4 heteroatoms. The molecular weight excluding hydrogens is 388 g/mol. The zero-order chi connectivity index (χ0) is 19.4. The van der Waals surface area contributed by atoms with Gasteiger partial charge in [0.1, 0.15) is 5.82 Å². The van der Waals surface area contributed by atoms with Gasteiger partial charge in [0, 0.05) is 20.9 Å². The van der Waals surface area contributed by atoms with E-state index in [2.05, 4.69) is 24.3 Å². The van der Waals surface area contributed by atoms with E-state index in [-0.39, 0.29) is 5.82 Å². The average molecular weight is 406 g/mol. The fraction of sp³-hybridized carbons (Fsp3) is 0. The Morgan fingerprint density at radius 3 is 1.68 bits per heavy atom. The normalized spacial score (nSPS) is 11.2. The van der Waals surface area contributed by atoms with Crippen LogP contribution in [-0.4, -0.2) is 0 Å². The summed E-state index contributed by atoms with van der Waals surface area (Å²) in [5, 5.41) is 3.95. The number of rotatable bonds is 4. The summed E-state index contributed by atoms with van der Waals surface area (Å²) in [5.41, 5.74) is 0.621. The van der Waals surface area contributed by atoms with Gasteiger partial charge in [0.15, 0.2) is 0 Å². The summed E-state index contributed by atoms with van der Waals surface area (Å²) in [4.78, 5) is 0. The topological polar surface area (TPSA) is 12.4 Å². The van der Waals surface area contributed by atoms with Crippen LogP contribution in [-0.2, 0) is 0 Å². The molecule has 0 atom stereocenters. The van der Waals surface area contributed by atoms with Gasteiger partial charge in [-0.3, -0.25) is 4.74 Å². The van der Waals surface area contributed by atoms with Gasteiger partial charge < -0.3 is 0 Å². The lowest BCUT2D eigenvalue weighted by Gasteiger charge is -2.27. The minimum Gasteiger partial charge on any atom is -0.254 e. The Morgan fingerprint density at radius 2 is 1.14 bits per heavy atom. The quantitative estimate of drug-likeness (QED) is 0.354. The average Bonchev–Trinajstić information content (AvgIpc) is 2.74. The first-order valence-electron chi connectivity index (χ1n) is 8.94. The molecule has 0 saturated heterocycles. The fourth-order valence-corrected chi connectivity index (χ4v) is 6.90. The van der Waals surface area contributed by atoms with Crippen LogP contribution in [0, 0.1) is 5.82 Å². The summed E-state index contributed by atoms with van der Waals surface area (Å²) < 4.78 is 19.2. The molecule has 0 bridgehead atoms. The zero-order valence-electron chi connectivity index (χ0n) is 15.0. The third-order valence-corrected chi connectivity index (χ3v) is 8.45. The Morgan fingerprint density at radius 1 is 0.607 bits per heavy atom. The van der Waals surface area contributed by atoms with Crippen molar-refractivity contribution < 1.29 is 4.39 Å². The summed E-state index contributed by atoms with van der Waals surface area (Å²) in [6.45, 7) is 0. The van der Waals surface area contributed by atoms with Crippen molar-refractivity contribution >= 4 is 40.3 Å². The molecule has 138 valence electrons. The first kappa shape index (κ1) is 18.7. The van der Waals surface area contributed by atoms with E-state index in [9.17, 15) is 4.39 Å². The van der Waals surface area contributed by atoms with Gasteiger partial charge in [-0.25, -0.2) is 4.39 Å². The van der Waals surface area contributed by atoms with Crippen LogP contribution in [0.2, 0.25) is 5.02 Å². The van der Waals surface area contributed by atoms with Crippen molar-refractivity contribution in [2.24, 2.45) is 4.74 Å². The molecule has 0 amide bonds. The van der Waals surface area contributed by atoms with Crippen molar-refractivity contribution in [2.45, 2.75) is 0 Å². The molecule has 0 fully saturated rings. The maximum absolute atomic E-state index is 13.9. The van der Waals surface area contributed by atoms with E-state index in [1.165, 1.54) is 12.1 Å². The van der Waals surface area contributed by atoms with Gasteiger partial charge in [0.2, 0.25) is 0 Å². The molecule has 0 heterocycles. The molecular formula is C24H18ClFNP. The Bertz CT molecular complexity index is 1080. The second kappa shape index (κ2) is 8.14. The minimum absolute atomic E-state index is 0.295. The Labute approximate surface area is 169 Å². The lowest BCUT2D eigenvalue weighted by Crippen LogP contribution is -2.25. The monoisotopic (exact) mass is 405 g/mol. The minimum atomic E-state index is -2.42. The van der Waals surface area contributed by atoms with Crippen LogP contribution >= 0.6 is 18.7 Å². The maximum Gasteiger partial charge on any atom is 0.125 e. The molecule has 0 spiro atoms. The second-order valence-electron chi connectivity index (χ2n) is 6.36. The second-order valence-corrected chi connectivity index (χ2v) is 9.82. The predicted octanol–water partition coefficient (Wildman–Crippen LogP) is 6.29. The van der Waals surface area contributed by atoms with Crippen LogP contribution in [0.5, 0.6) is 0 Å². The molecule has 0 aliphatic rings. The van der Waals surface area contributed by atoms with Gasteiger partial charge in [0.25, 0.3) is 0 Å². The molecule has 1 nitrogen and oxygen atoms in total. The van der Waals surface area contributed by atoms with Crippen molar-refractivity contribution in [3.8, 4) is 0 Å². The third kappa shape index (κ3) is 3.67. The highest BCUT2D eigenvalue weighted by atomic mass is 35.5. The van der Waals surface area contributed by atoms with Gasteiger partial charge in [-0.15, -0.1) is 0 Å². The van der Waals surface area contributed by atoms with Crippen molar-refractivity contribution in [1.29, 1.82) is 0 Å². The van der Waals surface area contributed by atoms with Crippen molar-refractivity contribution in [1.82, 2.24) is 0 Å². The smallest absolute Gasteiger partial charge is 0.125 e. The number of hydrogen-bond donors (Lipinski definition) is 0. The van der Waals surface area contributed by atoms with E-state index >= 15 is 0 Å². The van der Waals surface area contributed by atoms with Crippen molar-refractivity contribution in [2.75, 3.05) is 0 Å². The van der Waals surface area contributed by atoms with Gasteiger partial charge in [-0.1, -0.05) is 90.5 Å².